The number of carbonyl (C=O) groups excluding carboxylic acids is 4. The molecule has 5 rings (SSSR count). The zero-order chi connectivity index (χ0) is 33.2. The first-order chi connectivity index (χ1) is 22.8. The fourth-order valence-corrected chi connectivity index (χ4v) is 5.69. The minimum Gasteiger partial charge on any atom is -0.368 e. The topological polar surface area (TPSA) is 172 Å². The van der Waals surface area contributed by atoms with Gasteiger partial charge in [0.15, 0.2) is 0 Å². The molecular formula is C37H40N6O4. The van der Waals surface area contributed by atoms with Crippen molar-refractivity contribution in [2.24, 2.45) is 11.5 Å². The Hall–Kier alpha value is -5.48. The van der Waals surface area contributed by atoms with Gasteiger partial charge in [0.2, 0.25) is 23.6 Å². The van der Waals surface area contributed by atoms with E-state index in [4.69, 9.17) is 11.5 Å². The van der Waals surface area contributed by atoms with Gasteiger partial charge in [0.1, 0.15) is 18.1 Å². The van der Waals surface area contributed by atoms with Gasteiger partial charge in [0, 0.05) is 42.8 Å². The third kappa shape index (κ3) is 8.83. The molecule has 0 bridgehead atoms. The molecule has 0 saturated heterocycles. The number of nitrogens with one attached hydrogen (secondary N) is 4. The number of primary amides is 1. The summed E-state index contributed by atoms with van der Waals surface area (Å²) in [6, 6.07) is 27.6. The van der Waals surface area contributed by atoms with Gasteiger partial charge in [-0.25, -0.2) is 0 Å². The number of aromatic amines is 1. The first-order valence-electron chi connectivity index (χ1n) is 15.8. The summed E-state index contributed by atoms with van der Waals surface area (Å²) in [7, 11) is 0. The van der Waals surface area contributed by atoms with Gasteiger partial charge in [0.25, 0.3) is 0 Å². The fourth-order valence-electron chi connectivity index (χ4n) is 5.69. The highest BCUT2D eigenvalue weighted by atomic mass is 16.2. The SMILES string of the molecule is NCCCC(=O)N[C@H](Cc1ccc2ccccc2c1)C(=O)N[C@H](Cc1c[nH]c2ccccc12)C(=O)N[C@@H](Cc1ccccc1)C(N)=O. The van der Waals surface area contributed by atoms with Crippen molar-refractivity contribution in [3.8, 4) is 0 Å². The second-order valence-corrected chi connectivity index (χ2v) is 11.7. The van der Waals surface area contributed by atoms with Crippen LogP contribution in [0, 0.1) is 0 Å². The fraction of sp³-hybridized carbons (Fsp3) is 0.243. The summed E-state index contributed by atoms with van der Waals surface area (Å²) in [4.78, 5) is 56.4. The Bertz CT molecular complexity index is 1850. The van der Waals surface area contributed by atoms with Crippen LogP contribution in [0.2, 0.25) is 0 Å². The smallest absolute Gasteiger partial charge is 0.243 e. The predicted molar refractivity (Wildman–Crippen MR) is 183 cm³/mol. The summed E-state index contributed by atoms with van der Waals surface area (Å²) in [5.74, 6) is -2.10. The van der Waals surface area contributed by atoms with Gasteiger partial charge in [-0.2, -0.15) is 0 Å². The standard InChI is InChI=1S/C37H40N6O4/c38-18-8-15-34(44)41-32(21-25-16-17-26-11-4-5-12-27(26)19-25)36(46)43-33(22-28-23-40-30-14-7-6-13-29(28)30)37(47)42-31(35(39)45)20-24-9-2-1-3-10-24/h1-7,9-14,16-17,19,23,31-33,40H,8,15,18,20-22,38H2,(H2,39,45)(H,41,44)(H,42,47)(H,43,46)/t31-,32+,33+/m0/s1. The van der Waals surface area contributed by atoms with Crippen molar-refractivity contribution in [1.82, 2.24) is 20.9 Å². The monoisotopic (exact) mass is 632 g/mol. The van der Waals surface area contributed by atoms with E-state index >= 15 is 0 Å². The third-order valence-corrected chi connectivity index (χ3v) is 8.19. The summed E-state index contributed by atoms with van der Waals surface area (Å²) in [5, 5.41) is 11.5. The average molecular weight is 633 g/mol. The van der Waals surface area contributed by atoms with Crippen molar-refractivity contribution >= 4 is 45.3 Å². The summed E-state index contributed by atoms with van der Waals surface area (Å²) < 4.78 is 0. The molecule has 242 valence electrons. The molecule has 0 saturated carbocycles. The summed E-state index contributed by atoms with van der Waals surface area (Å²) >= 11 is 0. The van der Waals surface area contributed by atoms with Gasteiger partial charge < -0.3 is 32.4 Å². The molecule has 8 N–H and O–H groups in total. The van der Waals surface area contributed by atoms with Crippen LogP contribution in [0.4, 0.5) is 0 Å². The number of rotatable bonds is 15. The van der Waals surface area contributed by atoms with Crippen molar-refractivity contribution in [2.75, 3.05) is 6.54 Å². The molecule has 0 aliphatic rings. The average Bonchev–Trinajstić information content (AvgIpc) is 3.49. The number of hydrogen-bond donors (Lipinski definition) is 6. The molecule has 0 aliphatic heterocycles. The number of fused-ring (bicyclic) bond motifs is 2. The molecule has 3 atom stereocenters. The number of amides is 4. The van der Waals surface area contributed by atoms with Gasteiger partial charge in [-0.1, -0.05) is 91.0 Å². The van der Waals surface area contributed by atoms with E-state index in [1.165, 1.54) is 0 Å². The Morgan fingerprint density at radius 3 is 2.04 bits per heavy atom. The van der Waals surface area contributed by atoms with Crippen LogP contribution in [0.3, 0.4) is 0 Å². The molecular weight excluding hydrogens is 592 g/mol. The molecule has 1 heterocycles. The van der Waals surface area contributed by atoms with Crippen LogP contribution in [0.1, 0.15) is 29.5 Å². The summed E-state index contributed by atoms with van der Waals surface area (Å²) in [6.07, 6.45) is 2.95. The van der Waals surface area contributed by atoms with Crippen LogP contribution in [0.25, 0.3) is 21.7 Å². The molecule has 10 nitrogen and oxygen atoms in total. The lowest BCUT2D eigenvalue weighted by molar-refractivity contribution is -0.133. The minimum absolute atomic E-state index is 0.127. The molecule has 4 amide bonds. The molecule has 5 aromatic rings. The van der Waals surface area contributed by atoms with Crippen LogP contribution in [-0.2, 0) is 38.4 Å². The number of hydrogen-bond acceptors (Lipinski definition) is 5. The number of carbonyl (C=O) groups is 4. The molecule has 1 aromatic heterocycles. The molecule has 0 fully saturated rings. The van der Waals surface area contributed by atoms with Gasteiger partial charge in [-0.05, 0) is 46.5 Å². The highest BCUT2D eigenvalue weighted by Gasteiger charge is 2.30. The molecule has 47 heavy (non-hydrogen) atoms. The Morgan fingerprint density at radius 1 is 0.660 bits per heavy atom. The summed E-state index contributed by atoms with van der Waals surface area (Å²) in [6.45, 7) is 0.339. The van der Waals surface area contributed by atoms with E-state index in [2.05, 4.69) is 20.9 Å². The maximum absolute atomic E-state index is 14.0. The van der Waals surface area contributed by atoms with Crippen LogP contribution >= 0.6 is 0 Å². The lowest BCUT2D eigenvalue weighted by atomic mass is 9.99. The van der Waals surface area contributed by atoms with Gasteiger partial charge >= 0.3 is 0 Å². The second kappa shape index (κ2) is 15.7. The number of para-hydroxylation sites is 1. The van der Waals surface area contributed by atoms with Crippen LogP contribution in [0.5, 0.6) is 0 Å². The number of benzene rings is 4. The number of H-pyrrole nitrogens is 1. The van der Waals surface area contributed by atoms with E-state index in [1.54, 1.807) is 6.20 Å². The Kier molecular flexibility index (Phi) is 11.0. The van der Waals surface area contributed by atoms with E-state index in [0.29, 0.717) is 13.0 Å². The Labute approximate surface area is 273 Å². The normalized spacial score (nSPS) is 13.0. The maximum Gasteiger partial charge on any atom is 0.243 e. The van der Waals surface area contributed by atoms with Gasteiger partial charge in [0.05, 0.1) is 0 Å². The lowest BCUT2D eigenvalue weighted by Crippen LogP contribution is -2.57. The van der Waals surface area contributed by atoms with Gasteiger partial charge in [-0.3, -0.25) is 19.2 Å². The highest BCUT2D eigenvalue weighted by molar-refractivity contribution is 5.95. The van der Waals surface area contributed by atoms with Crippen LogP contribution in [-0.4, -0.2) is 53.3 Å². The molecule has 0 unspecified atom stereocenters. The van der Waals surface area contributed by atoms with E-state index < -0.39 is 35.8 Å². The molecule has 0 radical (unpaired) electrons. The van der Waals surface area contributed by atoms with E-state index in [1.807, 2.05) is 97.1 Å². The second-order valence-electron chi connectivity index (χ2n) is 11.7. The number of aromatic nitrogens is 1. The number of nitrogens with two attached hydrogens (primary N) is 2. The Morgan fingerprint density at radius 2 is 1.30 bits per heavy atom. The first kappa shape index (κ1) is 32.9. The first-order valence-corrected chi connectivity index (χ1v) is 15.8. The Balaban J connectivity index is 1.41. The van der Waals surface area contributed by atoms with E-state index in [0.717, 1.165) is 38.4 Å². The van der Waals surface area contributed by atoms with E-state index in [-0.39, 0.29) is 31.6 Å². The molecule has 10 heteroatoms. The highest BCUT2D eigenvalue weighted by Crippen LogP contribution is 2.20. The lowest BCUT2D eigenvalue weighted by Gasteiger charge is -2.25. The molecule has 0 spiro atoms. The van der Waals surface area contributed by atoms with Crippen molar-refractivity contribution in [3.63, 3.8) is 0 Å². The zero-order valence-corrected chi connectivity index (χ0v) is 26.1. The van der Waals surface area contributed by atoms with Crippen molar-refractivity contribution < 1.29 is 19.2 Å². The molecule has 0 aliphatic carbocycles. The minimum atomic E-state index is -1.08. The summed E-state index contributed by atoms with van der Waals surface area (Å²) in [5.41, 5.74) is 14.7. The van der Waals surface area contributed by atoms with Crippen molar-refractivity contribution in [3.05, 3.63) is 120 Å². The van der Waals surface area contributed by atoms with Gasteiger partial charge in [-0.15, -0.1) is 0 Å². The van der Waals surface area contributed by atoms with Crippen molar-refractivity contribution in [1.29, 1.82) is 0 Å². The largest absolute Gasteiger partial charge is 0.368 e. The zero-order valence-electron chi connectivity index (χ0n) is 26.1. The van der Waals surface area contributed by atoms with Crippen LogP contribution in [0.15, 0.2) is 103 Å². The maximum atomic E-state index is 14.0. The van der Waals surface area contributed by atoms with Crippen molar-refractivity contribution in [2.45, 2.75) is 50.2 Å². The predicted octanol–water partition coefficient (Wildman–Crippen LogP) is 3.03. The third-order valence-electron chi connectivity index (χ3n) is 8.19. The quantitative estimate of drug-likeness (QED) is 0.104. The molecule has 4 aromatic carbocycles. The van der Waals surface area contributed by atoms with E-state index in [9.17, 15) is 19.2 Å². The van der Waals surface area contributed by atoms with Crippen LogP contribution < -0.4 is 27.4 Å².